The van der Waals surface area contributed by atoms with Gasteiger partial charge >= 0.3 is 11.9 Å². The van der Waals surface area contributed by atoms with Crippen molar-refractivity contribution in [1.82, 2.24) is 35.1 Å². The molecule has 6 amide bonds. The number of esters is 2. The van der Waals surface area contributed by atoms with Crippen molar-refractivity contribution in [2.75, 3.05) is 54.9 Å². The molecular weight excluding hydrogens is 859 g/mol. The predicted octanol–water partition coefficient (Wildman–Crippen LogP) is 2.84. The van der Waals surface area contributed by atoms with Gasteiger partial charge in [0.05, 0.1) is 13.7 Å². The van der Waals surface area contributed by atoms with Crippen molar-refractivity contribution in [1.29, 1.82) is 0 Å². The van der Waals surface area contributed by atoms with E-state index in [4.69, 9.17) is 9.47 Å². The molecule has 2 aromatic carbocycles. The maximum Gasteiger partial charge on any atom is 0.328 e. The molecule has 67 heavy (non-hydrogen) atoms. The number of nitrogens with one attached hydrogen (secondary N) is 2. The zero-order valence-corrected chi connectivity index (χ0v) is 41.1. The number of hydrogen-bond donors (Lipinski definition) is 2. The van der Waals surface area contributed by atoms with Crippen LogP contribution in [0.2, 0.25) is 0 Å². The van der Waals surface area contributed by atoms with E-state index in [0.29, 0.717) is 45.1 Å². The summed E-state index contributed by atoms with van der Waals surface area (Å²) in [6, 6.07) is 13.3. The van der Waals surface area contributed by atoms with Crippen LogP contribution in [0.5, 0.6) is 0 Å². The van der Waals surface area contributed by atoms with Gasteiger partial charge in [0, 0.05) is 39.5 Å². The highest BCUT2D eigenvalue weighted by atomic mass is 16.6. The molecule has 2 saturated heterocycles. The van der Waals surface area contributed by atoms with Crippen LogP contribution in [0.15, 0.2) is 60.7 Å². The molecule has 0 unspecified atom stereocenters. The summed E-state index contributed by atoms with van der Waals surface area (Å²) in [5.74, 6) is -4.60. The van der Waals surface area contributed by atoms with Gasteiger partial charge in [0.15, 0.2) is 6.10 Å². The van der Waals surface area contributed by atoms with Crippen LogP contribution in [0, 0.1) is 11.8 Å². The lowest BCUT2D eigenvalue weighted by Crippen LogP contribution is -2.58. The minimum atomic E-state index is -1.12. The second-order valence-corrected chi connectivity index (χ2v) is 18.6. The number of carbonyl (C=O) groups excluding carboxylic acids is 8. The van der Waals surface area contributed by atoms with Crippen molar-refractivity contribution in [2.24, 2.45) is 11.8 Å². The van der Waals surface area contributed by atoms with Gasteiger partial charge in [0.2, 0.25) is 29.5 Å². The van der Waals surface area contributed by atoms with Gasteiger partial charge in [-0.3, -0.25) is 38.5 Å². The highest BCUT2D eigenvalue weighted by molar-refractivity contribution is 5.96. The maximum atomic E-state index is 14.2. The van der Waals surface area contributed by atoms with E-state index in [-0.39, 0.29) is 31.2 Å². The molecule has 0 aromatic heterocycles. The molecule has 17 nitrogen and oxygen atoms in total. The molecule has 2 fully saturated rings. The fraction of sp³-hybridized carbons (Fsp3) is 0.600. The molecular formula is C50H73N7O10. The predicted molar refractivity (Wildman–Crippen MR) is 252 cm³/mol. The number of methoxy groups -OCH3 is 1. The Morgan fingerprint density at radius 3 is 1.78 bits per heavy atom. The zero-order chi connectivity index (χ0) is 49.5. The monoisotopic (exact) mass is 932 g/mol. The van der Waals surface area contributed by atoms with Crippen LogP contribution in [0.25, 0.3) is 0 Å². The zero-order valence-electron chi connectivity index (χ0n) is 41.1. The maximum absolute atomic E-state index is 14.2. The number of likely N-dealkylation sites (N-methyl/N-ethyl adjacent to an activating group) is 3. The van der Waals surface area contributed by atoms with Gasteiger partial charge in [-0.15, -0.1) is 0 Å². The van der Waals surface area contributed by atoms with Gasteiger partial charge < -0.3 is 39.7 Å². The van der Waals surface area contributed by atoms with E-state index >= 15 is 0 Å². The molecule has 0 saturated carbocycles. The number of benzene rings is 2. The third-order valence-corrected chi connectivity index (χ3v) is 13.0. The smallest absolute Gasteiger partial charge is 0.328 e. The first-order chi connectivity index (χ1) is 31.8. The fourth-order valence-corrected chi connectivity index (χ4v) is 8.74. The Balaban J connectivity index is 1.42. The lowest BCUT2D eigenvalue weighted by molar-refractivity contribution is -0.168. The molecule has 2 N–H and O–H groups in total. The van der Waals surface area contributed by atoms with Crippen LogP contribution < -0.4 is 10.6 Å². The summed E-state index contributed by atoms with van der Waals surface area (Å²) in [7, 11) is 7.78. The summed E-state index contributed by atoms with van der Waals surface area (Å²) in [4.78, 5) is 117. The van der Waals surface area contributed by atoms with Crippen LogP contribution in [-0.2, 0) is 60.7 Å². The molecule has 0 radical (unpaired) electrons. The molecule has 4 rings (SSSR count). The first-order valence-corrected chi connectivity index (χ1v) is 23.5. The number of hydrogen-bond acceptors (Lipinski definition) is 11. The summed E-state index contributed by atoms with van der Waals surface area (Å²) in [5.41, 5.74) is 1.74. The van der Waals surface area contributed by atoms with Crippen LogP contribution in [0.1, 0.15) is 84.3 Å². The lowest BCUT2D eigenvalue weighted by Gasteiger charge is -2.35. The minimum Gasteiger partial charge on any atom is -0.467 e. The summed E-state index contributed by atoms with van der Waals surface area (Å²) < 4.78 is 11.0. The first kappa shape index (κ1) is 53.8. The third kappa shape index (κ3) is 14.3. The Morgan fingerprint density at radius 1 is 0.716 bits per heavy atom. The molecule has 8 atom stereocenters. The van der Waals surface area contributed by atoms with E-state index in [2.05, 4.69) is 10.6 Å². The normalized spacial score (nSPS) is 18.6. The van der Waals surface area contributed by atoms with E-state index in [1.54, 1.807) is 19.0 Å². The van der Waals surface area contributed by atoms with Crippen molar-refractivity contribution >= 4 is 47.4 Å². The Labute approximate surface area is 396 Å². The summed E-state index contributed by atoms with van der Waals surface area (Å²) >= 11 is 0. The van der Waals surface area contributed by atoms with E-state index < -0.39 is 96.3 Å². The average Bonchev–Trinajstić information content (AvgIpc) is 4.03. The Kier molecular flexibility index (Phi) is 20.3. The van der Waals surface area contributed by atoms with Crippen LogP contribution in [-0.4, -0.2) is 169 Å². The quantitative estimate of drug-likeness (QED) is 0.165. The number of nitrogens with zero attached hydrogens (tertiary/aromatic N) is 5. The Hall–Kier alpha value is -5.84. The van der Waals surface area contributed by atoms with Crippen molar-refractivity contribution in [3.8, 4) is 0 Å². The van der Waals surface area contributed by atoms with Crippen molar-refractivity contribution < 1.29 is 47.8 Å². The van der Waals surface area contributed by atoms with E-state index in [1.807, 2.05) is 88.4 Å². The topological polar surface area (TPSA) is 195 Å². The molecule has 17 heteroatoms. The first-order valence-electron chi connectivity index (χ1n) is 23.5. The Morgan fingerprint density at radius 2 is 1.25 bits per heavy atom. The number of carbonyl (C=O) groups is 8. The number of rotatable bonds is 22. The molecule has 368 valence electrons. The SMILES string of the molecule is CC[C@@H](C)[C@H](OC(=O)[C@@H](Cc1ccccc1)N(C)C)C(=O)N1CCC[C@@H]1C(=O)NCC(=O)N(C)[C@@H](CC(C)C)C(=O)N[C@@H](C)C(=O)N(C)[C@H](Cc1ccccc1)C(=O)N1CCC[C@H]1C(=O)OC. The molecule has 2 aliphatic heterocycles. The largest absolute Gasteiger partial charge is 0.467 e. The second kappa shape index (κ2) is 25.3. The van der Waals surface area contributed by atoms with Gasteiger partial charge in [-0.05, 0) is 83.0 Å². The highest BCUT2D eigenvalue weighted by Gasteiger charge is 2.43. The van der Waals surface area contributed by atoms with Gasteiger partial charge in [0.1, 0.15) is 36.3 Å². The van der Waals surface area contributed by atoms with Crippen LogP contribution in [0.3, 0.4) is 0 Å². The molecule has 0 spiro atoms. The number of ether oxygens (including phenoxy) is 2. The minimum absolute atomic E-state index is 0.0534. The van der Waals surface area contributed by atoms with Crippen LogP contribution >= 0.6 is 0 Å². The summed E-state index contributed by atoms with van der Waals surface area (Å²) in [5, 5.41) is 5.44. The van der Waals surface area contributed by atoms with Crippen molar-refractivity contribution in [2.45, 2.75) is 128 Å². The standard InChI is InChI=1S/C50H73N7O10/c1-11-33(4)43(67-50(65)41(53(6)7)30-36-22-16-13-17-23-36)48(63)56-26-18-24-37(56)44(59)51-31-42(58)54(8)39(28-32(2)3)45(60)52-34(5)46(61)55(9)40(29-35-20-14-12-15-21-35)47(62)57-27-19-25-38(57)49(64)66-10/h12-17,20-23,32-34,37-41,43H,11,18-19,24-31H2,1-10H3,(H,51,59)(H,52,60)/t33-,34+,37-,38+,39+,40-,41-,43+/m1/s1. The van der Waals surface area contributed by atoms with Crippen LogP contribution in [0.4, 0.5) is 0 Å². The Bertz CT molecular complexity index is 2020. The number of amides is 6. The van der Waals surface area contributed by atoms with E-state index in [1.165, 1.54) is 47.7 Å². The lowest BCUT2D eigenvalue weighted by atomic mass is 9.99. The molecule has 0 bridgehead atoms. The molecule has 2 aromatic rings. The van der Waals surface area contributed by atoms with E-state index in [9.17, 15) is 38.4 Å². The average molecular weight is 932 g/mol. The summed E-state index contributed by atoms with van der Waals surface area (Å²) in [6.07, 6.45) is 2.12. The van der Waals surface area contributed by atoms with Gasteiger partial charge in [-0.1, -0.05) is 88.4 Å². The second-order valence-electron chi connectivity index (χ2n) is 18.6. The fourth-order valence-electron chi connectivity index (χ4n) is 8.74. The molecule has 2 heterocycles. The molecule has 2 aliphatic rings. The molecule has 0 aliphatic carbocycles. The van der Waals surface area contributed by atoms with Gasteiger partial charge in [-0.2, -0.15) is 0 Å². The highest BCUT2D eigenvalue weighted by Crippen LogP contribution is 2.25. The summed E-state index contributed by atoms with van der Waals surface area (Å²) in [6.45, 7) is 9.16. The van der Waals surface area contributed by atoms with Crippen molar-refractivity contribution in [3.05, 3.63) is 71.8 Å². The third-order valence-electron chi connectivity index (χ3n) is 13.0. The van der Waals surface area contributed by atoms with Gasteiger partial charge in [0.25, 0.3) is 5.91 Å². The number of likely N-dealkylation sites (tertiary alicyclic amines) is 2. The van der Waals surface area contributed by atoms with Crippen molar-refractivity contribution in [3.63, 3.8) is 0 Å². The van der Waals surface area contributed by atoms with Gasteiger partial charge in [-0.25, -0.2) is 4.79 Å². The van der Waals surface area contributed by atoms with E-state index in [0.717, 1.165) is 11.1 Å².